The van der Waals surface area contributed by atoms with E-state index in [1.807, 2.05) is 67.8 Å². The molecule has 0 radical (unpaired) electrons. The number of benzene rings is 2. The van der Waals surface area contributed by atoms with Gasteiger partial charge in [-0.15, -0.1) is 0 Å². The summed E-state index contributed by atoms with van der Waals surface area (Å²) in [6, 6.07) is 21.8. The Balaban J connectivity index is 0.000000144. The SMILES string of the molecule is Cc1c(CCc2ncc3cccc(F)c3n2)nc2c3cccnc3ccn12.Cc1nc(CCc2nc3c4cccnc4ccn3c2C)nc2c(F)cccc12. The highest BCUT2D eigenvalue weighted by molar-refractivity contribution is 5.92. The number of aryl methyl sites for hydroxylation is 7. The van der Waals surface area contributed by atoms with E-state index in [0.29, 0.717) is 53.8 Å². The van der Waals surface area contributed by atoms with Crippen LogP contribution in [0.3, 0.4) is 0 Å². The molecule has 10 aromatic rings. The van der Waals surface area contributed by atoms with E-state index in [1.54, 1.807) is 30.7 Å². The van der Waals surface area contributed by atoms with E-state index in [9.17, 15) is 8.78 Å². The summed E-state index contributed by atoms with van der Waals surface area (Å²) in [7, 11) is 0. The molecule has 12 heteroatoms. The zero-order valence-electron chi connectivity index (χ0n) is 30.4. The highest BCUT2D eigenvalue weighted by atomic mass is 19.1. The molecule has 0 fully saturated rings. The van der Waals surface area contributed by atoms with Crippen LogP contribution in [0.15, 0.2) is 104 Å². The van der Waals surface area contributed by atoms with Crippen molar-refractivity contribution in [2.24, 2.45) is 0 Å². The molecule has 0 bridgehead atoms. The van der Waals surface area contributed by atoms with Crippen LogP contribution < -0.4 is 0 Å². The van der Waals surface area contributed by atoms with Crippen LogP contribution in [0.4, 0.5) is 8.78 Å². The summed E-state index contributed by atoms with van der Waals surface area (Å²) in [4.78, 5) is 36.3. The maximum Gasteiger partial charge on any atom is 0.149 e. The van der Waals surface area contributed by atoms with Gasteiger partial charge >= 0.3 is 0 Å². The summed E-state index contributed by atoms with van der Waals surface area (Å²) in [5.41, 5.74) is 9.36. The van der Waals surface area contributed by atoms with E-state index >= 15 is 0 Å². The van der Waals surface area contributed by atoms with Crippen molar-refractivity contribution in [2.45, 2.75) is 46.5 Å². The molecule has 0 saturated heterocycles. The lowest BCUT2D eigenvalue weighted by Gasteiger charge is -2.06. The predicted molar refractivity (Wildman–Crippen MR) is 209 cm³/mol. The van der Waals surface area contributed by atoms with E-state index in [4.69, 9.17) is 9.97 Å². The van der Waals surface area contributed by atoms with Crippen LogP contribution in [0.5, 0.6) is 0 Å². The molecule has 8 aromatic heterocycles. The number of pyridine rings is 4. The van der Waals surface area contributed by atoms with Crippen molar-refractivity contribution in [2.75, 3.05) is 0 Å². The average Bonchev–Trinajstić information content (AvgIpc) is 3.72. The van der Waals surface area contributed by atoms with Gasteiger partial charge in [0.2, 0.25) is 0 Å². The number of hydrogen-bond acceptors (Lipinski definition) is 8. The molecule has 0 amide bonds. The fraction of sp³-hybridized carbons (Fsp3) is 0.163. The summed E-state index contributed by atoms with van der Waals surface area (Å²) >= 11 is 0. The van der Waals surface area contributed by atoms with Crippen LogP contribution in [0.25, 0.3) is 54.9 Å². The van der Waals surface area contributed by atoms with Gasteiger partial charge in [0, 0.05) is 82.5 Å². The number of rotatable bonds is 6. The quantitative estimate of drug-likeness (QED) is 0.168. The fourth-order valence-corrected chi connectivity index (χ4v) is 7.19. The van der Waals surface area contributed by atoms with Crippen LogP contribution >= 0.6 is 0 Å². The van der Waals surface area contributed by atoms with Gasteiger partial charge in [0.25, 0.3) is 0 Å². The molecule has 0 N–H and O–H groups in total. The molecule has 0 atom stereocenters. The molecule has 0 aliphatic heterocycles. The molecule has 55 heavy (non-hydrogen) atoms. The lowest BCUT2D eigenvalue weighted by molar-refractivity contribution is 0.635. The first-order valence-electron chi connectivity index (χ1n) is 18.1. The Morgan fingerprint density at radius 3 is 1.69 bits per heavy atom. The second-order valence-electron chi connectivity index (χ2n) is 13.5. The van der Waals surface area contributed by atoms with Gasteiger partial charge in [-0.2, -0.15) is 0 Å². The van der Waals surface area contributed by atoms with Crippen molar-refractivity contribution in [3.63, 3.8) is 0 Å². The summed E-state index contributed by atoms with van der Waals surface area (Å²) in [6.45, 7) is 6.00. The molecular formula is C43H34F2N10. The number of hydrogen-bond donors (Lipinski definition) is 0. The van der Waals surface area contributed by atoms with Gasteiger partial charge in [-0.1, -0.05) is 24.3 Å². The largest absolute Gasteiger partial charge is 0.303 e. The van der Waals surface area contributed by atoms with Crippen LogP contribution in [-0.2, 0) is 25.7 Å². The van der Waals surface area contributed by atoms with Gasteiger partial charge in [-0.05, 0) is 82.1 Å². The fourth-order valence-electron chi connectivity index (χ4n) is 7.19. The Hall–Kier alpha value is -6.82. The topological polar surface area (TPSA) is 112 Å². The molecule has 10 rings (SSSR count). The maximum atomic E-state index is 14.1. The van der Waals surface area contributed by atoms with E-state index < -0.39 is 0 Å². The lowest BCUT2D eigenvalue weighted by Crippen LogP contribution is -2.03. The van der Waals surface area contributed by atoms with Gasteiger partial charge < -0.3 is 8.80 Å². The van der Waals surface area contributed by atoms with Crippen molar-refractivity contribution in [3.8, 4) is 0 Å². The van der Waals surface area contributed by atoms with Gasteiger partial charge in [0.05, 0.1) is 22.4 Å². The zero-order chi connectivity index (χ0) is 37.6. The van der Waals surface area contributed by atoms with Gasteiger partial charge in [0.15, 0.2) is 0 Å². The minimum Gasteiger partial charge on any atom is -0.303 e. The summed E-state index contributed by atoms with van der Waals surface area (Å²) in [6.07, 6.45) is 11.8. The van der Waals surface area contributed by atoms with Gasteiger partial charge in [0.1, 0.15) is 45.6 Å². The third kappa shape index (κ3) is 6.25. The van der Waals surface area contributed by atoms with Crippen molar-refractivity contribution in [3.05, 3.63) is 156 Å². The third-order valence-electron chi connectivity index (χ3n) is 10.1. The number of halogens is 2. The van der Waals surface area contributed by atoms with Crippen molar-refractivity contribution in [1.82, 2.24) is 48.7 Å². The molecule has 270 valence electrons. The molecule has 10 nitrogen and oxygen atoms in total. The molecule has 0 saturated carbocycles. The van der Waals surface area contributed by atoms with Gasteiger partial charge in [-0.25, -0.2) is 38.7 Å². The first-order valence-corrected chi connectivity index (χ1v) is 18.1. The van der Waals surface area contributed by atoms with E-state index in [2.05, 4.69) is 52.6 Å². The molecule has 2 aromatic carbocycles. The minimum atomic E-state index is -0.320. The van der Waals surface area contributed by atoms with Crippen molar-refractivity contribution >= 4 is 54.9 Å². The number of nitrogens with zero attached hydrogens (tertiary/aromatic N) is 10. The smallest absolute Gasteiger partial charge is 0.149 e. The first kappa shape index (κ1) is 34.0. The van der Waals surface area contributed by atoms with E-state index in [0.717, 1.165) is 67.0 Å². The van der Waals surface area contributed by atoms with Crippen molar-refractivity contribution in [1.29, 1.82) is 0 Å². The summed E-state index contributed by atoms with van der Waals surface area (Å²) < 4.78 is 32.3. The third-order valence-corrected chi connectivity index (χ3v) is 10.1. The molecule has 0 spiro atoms. The highest BCUT2D eigenvalue weighted by Crippen LogP contribution is 2.24. The lowest BCUT2D eigenvalue weighted by atomic mass is 10.1. The maximum absolute atomic E-state index is 14.1. The van der Waals surface area contributed by atoms with Crippen LogP contribution in [-0.4, -0.2) is 48.7 Å². The normalized spacial score (nSPS) is 11.7. The van der Waals surface area contributed by atoms with Crippen molar-refractivity contribution < 1.29 is 8.78 Å². The summed E-state index contributed by atoms with van der Waals surface area (Å²) in [5, 5.41) is 3.52. The zero-order valence-corrected chi connectivity index (χ0v) is 30.4. The highest BCUT2D eigenvalue weighted by Gasteiger charge is 2.15. The predicted octanol–water partition coefficient (Wildman–Crippen LogP) is 8.43. The second-order valence-corrected chi connectivity index (χ2v) is 13.5. The number of aromatic nitrogens is 10. The Kier molecular flexibility index (Phi) is 8.57. The Bertz CT molecular complexity index is 3080. The molecule has 0 aliphatic rings. The molecule has 0 aliphatic carbocycles. The van der Waals surface area contributed by atoms with Crippen LogP contribution in [0.2, 0.25) is 0 Å². The number of fused-ring (bicyclic) bond motifs is 8. The van der Waals surface area contributed by atoms with E-state index in [1.165, 1.54) is 12.1 Å². The second kappa shape index (κ2) is 13.9. The number of imidazole rings is 2. The standard InChI is InChI=1S/C22H18FN5.C21H16FN5/c1-13-15-5-3-7-17(23)21(15)27-20(25-13)9-8-18-14(2)28-12-10-19-16(22(28)26-18)6-4-11-24-19;1-13-17(25-21-15-5-3-10-23-18(15)9-11-27(13)21)7-8-19-24-12-14-4-2-6-16(22)20(14)26-19/h3-7,10-12H,8-9H2,1-2H3;2-6,9-12H,7-8H2,1H3. The Labute approximate surface area is 313 Å². The summed E-state index contributed by atoms with van der Waals surface area (Å²) in [5.74, 6) is 0.625. The average molecular weight is 729 g/mol. The van der Waals surface area contributed by atoms with E-state index in [-0.39, 0.29) is 11.6 Å². The van der Waals surface area contributed by atoms with Gasteiger partial charge in [-0.3, -0.25) is 9.97 Å². The minimum absolute atomic E-state index is 0.313. The monoisotopic (exact) mass is 728 g/mol. The molecular weight excluding hydrogens is 695 g/mol. The molecule has 8 heterocycles. The Morgan fingerprint density at radius 2 is 1.05 bits per heavy atom. The Morgan fingerprint density at radius 1 is 0.509 bits per heavy atom. The molecule has 0 unspecified atom stereocenters. The first-order chi connectivity index (χ1) is 26.8. The van der Waals surface area contributed by atoms with Crippen LogP contribution in [0.1, 0.15) is 40.1 Å². The van der Waals surface area contributed by atoms with Crippen LogP contribution in [0, 0.1) is 32.4 Å². The number of para-hydroxylation sites is 2.